The number of hydrogen-bond donors (Lipinski definition) is 1. The van der Waals surface area contributed by atoms with Gasteiger partial charge in [-0.2, -0.15) is 5.26 Å². The van der Waals surface area contributed by atoms with Gasteiger partial charge in [-0.25, -0.2) is 0 Å². The van der Waals surface area contributed by atoms with Gasteiger partial charge in [-0.1, -0.05) is 6.07 Å². The first kappa shape index (κ1) is 14.1. The van der Waals surface area contributed by atoms with Gasteiger partial charge in [-0.05, 0) is 57.6 Å². The second-order valence-corrected chi connectivity index (χ2v) is 5.91. The van der Waals surface area contributed by atoms with Crippen LogP contribution in [0.15, 0.2) is 30.6 Å². The van der Waals surface area contributed by atoms with Crippen molar-refractivity contribution in [3.8, 4) is 6.07 Å². The van der Waals surface area contributed by atoms with E-state index in [4.69, 9.17) is 0 Å². The third kappa shape index (κ3) is 2.94. The van der Waals surface area contributed by atoms with E-state index < -0.39 is 0 Å². The molecule has 0 radical (unpaired) electrons. The van der Waals surface area contributed by atoms with Crippen molar-refractivity contribution in [3.63, 3.8) is 0 Å². The number of rotatable bonds is 4. The molecule has 0 saturated carbocycles. The van der Waals surface area contributed by atoms with Crippen molar-refractivity contribution in [1.82, 2.24) is 14.6 Å². The summed E-state index contributed by atoms with van der Waals surface area (Å²) in [7, 11) is 2.03. The maximum atomic E-state index is 9.46. The molecule has 2 aromatic rings. The van der Waals surface area contributed by atoms with Crippen LogP contribution in [0.3, 0.4) is 0 Å². The quantitative estimate of drug-likeness (QED) is 0.935. The van der Waals surface area contributed by atoms with Gasteiger partial charge in [0.2, 0.25) is 0 Å². The fourth-order valence-electron chi connectivity index (χ4n) is 3.30. The molecule has 1 saturated heterocycles. The largest absolute Gasteiger partial charge is 0.322 e. The molecule has 0 amide bonds. The van der Waals surface area contributed by atoms with Crippen LogP contribution in [0.5, 0.6) is 0 Å². The molecule has 110 valence electrons. The molecule has 0 aromatic carbocycles. The molecule has 0 spiro atoms. The van der Waals surface area contributed by atoms with Crippen LogP contribution in [0.2, 0.25) is 0 Å². The topological polar surface area (TPSA) is 43.5 Å². The van der Waals surface area contributed by atoms with E-state index in [-0.39, 0.29) is 0 Å². The monoisotopic (exact) mass is 282 g/mol. The van der Waals surface area contributed by atoms with Crippen LogP contribution in [0.1, 0.15) is 24.0 Å². The average Bonchev–Trinajstić information content (AvgIpc) is 2.86. The molecular weight excluding hydrogens is 260 g/mol. The lowest BCUT2D eigenvalue weighted by Crippen LogP contribution is -2.36. The van der Waals surface area contributed by atoms with Crippen LogP contribution in [-0.2, 0) is 6.54 Å². The van der Waals surface area contributed by atoms with Gasteiger partial charge >= 0.3 is 0 Å². The first-order valence-corrected chi connectivity index (χ1v) is 7.67. The summed E-state index contributed by atoms with van der Waals surface area (Å²) in [5.74, 6) is 0.801. The number of piperidine rings is 1. The van der Waals surface area contributed by atoms with Crippen molar-refractivity contribution >= 4 is 5.52 Å². The zero-order valence-electron chi connectivity index (χ0n) is 12.5. The zero-order valence-corrected chi connectivity index (χ0v) is 12.5. The predicted octanol–water partition coefficient (Wildman–Crippen LogP) is 2.24. The highest BCUT2D eigenvalue weighted by molar-refractivity contribution is 5.65. The summed E-state index contributed by atoms with van der Waals surface area (Å²) in [4.78, 5) is 2.47. The fourth-order valence-corrected chi connectivity index (χ4v) is 3.30. The van der Waals surface area contributed by atoms with Gasteiger partial charge in [0.15, 0.2) is 0 Å². The predicted molar refractivity (Wildman–Crippen MR) is 84.0 cm³/mol. The molecule has 1 fully saturated rings. The highest BCUT2D eigenvalue weighted by Crippen LogP contribution is 2.22. The lowest BCUT2D eigenvalue weighted by molar-refractivity contribution is 0.176. The summed E-state index contributed by atoms with van der Waals surface area (Å²) in [6.45, 7) is 4.26. The molecule has 1 N–H and O–H groups in total. The Morgan fingerprint density at radius 3 is 2.86 bits per heavy atom. The number of nitrogens with one attached hydrogen (secondary N) is 1. The Balaban J connectivity index is 1.73. The lowest BCUT2D eigenvalue weighted by atomic mass is 9.96. The molecule has 0 aliphatic carbocycles. The SMILES string of the molecule is CNCC1CCN(Cc2cn3ccccc3c2C#N)CC1. The molecular formula is C17H22N4. The summed E-state index contributed by atoms with van der Waals surface area (Å²) in [5.41, 5.74) is 2.99. The summed E-state index contributed by atoms with van der Waals surface area (Å²) in [6, 6.07) is 8.39. The molecule has 21 heavy (non-hydrogen) atoms. The van der Waals surface area contributed by atoms with Crippen LogP contribution < -0.4 is 5.32 Å². The van der Waals surface area contributed by atoms with E-state index in [1.165, 1.54) is 12.8 Å². The third-order valence-corrected chi connectivity index (χ3v) is 4.47. The van der Waals surface area contributed by atoms with E-state index in [1.807, 2.05) is 31.4 Å². The highest BCUT2D eigenvalue weighted by atomic mass is 15.1. The van der Waals surface area contributed by atoms with Crippen LogP contribution >= 0.6 is 0 Å². The minimum Gasteiger partial charge on any atom is -0.322 e. The van der Waals surface area contributed by atoms with Crippen molar-refractivity contribution < 1.29 is 0 Å². The molecule has 4 nitrogen and oxygen atoms in total. The van der Waals surface area contributed by atoms with Gasteiger partial charge in [0.1, 0.15) is 6.07 Å². The molecule has 2 aromatic heterocycles. The highest BCUT2D eigenvalue weighted by Gasteiger charge is 2.20. The first-order valence-electron chi connectivity index (χ1n) is 7.67. The number of nitrogens with zero attached hydrogens (tertiary/aromatic N) is 3. The number of pyridine rings is 1. The van der Waals surface area contributed by atoms with Gasteiger partial charge in [0.05, 0.1) is 11.1 Å². The minimum absolute atomic E-state index is 0.801. The van der Waals surface area contributed by atoms with Gasteiger partial charge in [-0.15, -0.1) is 0 Å². The second kappa shape index (κ2) is 6.30. The molecule has 4 heteroatoms. The number of hydrogen-bond acceptors (Lipinski definition) is 3. The molecule has 0 unspecified atom stereocenters. The first-order chi connectivity index (χ1) is 10.3. The van der Waals surface area contributed by atoms with Gasteiger partial charge in [0, 0.05) is 24.5 Å². The van der Waals surface area contributed by atoms with Crippen molar-refractivity contribution in [3.05, 3.63) is 41.7 Å². The van der Waals surface area contributed by atoms with Gasteiger partial charge < -0.3 is 9.72 Å². The lowest BCUT2D eigenvalue weighted by Gasteiger charge is -2.31. The number of nitriles is 1. The minimum atomic E-state index is 0.801. The molecule has 1 aliphatic heterocycles. The van der Waals surface area contributed by atoms with Crippen LogP contribution in [0, 0.1) is 17.2 Å². The normalized spacial score (nSPS) is 17.1. The Bertz CT molecular complexity index is 644. The Morgan fingerprint density at radius 2 is 2.14 bits per heavy atom. The van der Waals surface area contributed by atoms with Crippen molar-refractivity contribution in [1.29, 1.82) is 5.26 Å². The van der Waals surface area contributed by atoms with E-state index in [1.54, 1.807) is 0 Å². The van der Waals surface area contributed by atoms with E-state index in [0.29, 0.717) is 0 Å². The molecule has 3 heterocycles. The smallest absolute Gasteiger partial charge is 0.102 e. The van der Waals surface area contributed by atoms with Crippen molar-refractivity contribution in [2.45, 2.75) is 19.4 Å². The van der Waals surface area contributed by atoms with E-state index >= 15 is 0 Å². The van der Waals surface area contributed by atoms with E-state index in [0.717, 1.165) is 48.7 Å². The van der Waals surface area contributed by atoms with Crippen LogP contribution in [0.25, 0.3) is 5.52 Å². The summed E-state index contributed by atoms with van der Waals surface area (Å²) in [6.07, 6.45) is 6.61. The molecule has 1 aliphatic rings. The van der Waals surface area contributed by atoms with Crippen LogP contribution in [-0.4, -0.2) is 36.0 Å². The third-order valence-electron chi connectivity index (χ3n) is 4.47. The fraction of sp³-hybridized carbons (Fsp3) is 0.471. The maximum absolute atomic E-state index is 9.46. The van der Waals surface area contributed by atoms with E-state index in [9.17, 15) is 5.26 Å². The molecule has 3 rings (SSSR count). The van der Waals surface area contributed by atoms with Gasteiger partial charge in [0.25, 0.3) is 0 Å². The Kier molecular flexibility index (Phi) is 4.23. The second-order valence-electron chi connectivity index (χ2n) is 5.91. The molecule has 0 bridgehead atoms. The number of fused-ring (bicyclic) bond motifs is 1. The maximum Gasteiger partial charge on any atom is 0.102 e. The van der Waals surface area contributed by atoms with Crippen molar-refractivity contribution in [2.24, 2.45) is 5.92 Å². The Morgan fingerprint density at radius 1 is 1.33 bits per heavy atom. The summed E-state index contributed by atoms with van der Waals surface area (Å²) >= 11 is 0. The number of likely N-dealkylation sites (tertiary alicyclic amines) is 1. The summed E-state index contributed by atoms with van der Waals surface area (Å²) in [5, 5.41) is 12.7. The molecule has 0 atom stereocenters. The van der Waals surface area contributed by atoms with E-state index in [2.05, 4.69) is 26.9 Å². The zero-order chi connectivity index (χ0) is 14.7. The van der Waals surface area contributed by atoms with Crippen molar-refractivity contribution in [2.75, 3.05) is 26.7 Å². The average molecular weight is 282 g/mol. The van der Waals surface area contributed by atoms with Crippen LogP contribution in [0.4, 0.5) is 0 Å². The van der Waals surface area contributed by atoms with Gasteiger partial charge in [-0.3, -0.25) is 4.90 Å². The summed E-state index contributed by atoms with van der Waals surface area (Å²) < 4.78 is 2.06. The Labute approximate surface area is 126 Å². The Hall–Kier alpha value is -1.83. The standard InChI is InChI=1S/C17H22N4/c1-19-11-14-5-8-20(9-6-14)12-15-13-21-7-3-2-4-17(21)16(15)10-18/h2-4,7,13-14,19H,5-6,8-9,11-12H2,1H3. The number of aromatic nitrogens is 1.